The lowest BCUT2D eigenvalue weighted by atomic mass is 10.1. The highest BCUT2D eigenvalue weighted by Gasteiger charge is 2.36. The van der Waals surface area contributed by atoms with Crippen molar-refractivity contribution >= 4 is 11.6 Å². The molecule has 1 N–H and O–H groups in total. The number of carbonyl (C=O) groups excluding carboxylic acids is 1. The Kier molecular flexibility index (Phi) is 3.78. The van der Waals surface area contributed by atoms with Crippen molar-refractivity contribution < 1.29 is 22.7 Å². The number of hydrogen-bond donors (Lipinski definition) is 1. The van der Waals surface area contributed by atoms with E-state index in [1.165, 1.54) is 11.1 Å². The predicted molar refractivity (Wildman–Crippen MR) is 71.9 cm³/mol. The Bertz CT molecular complexity index is 556. The van der Waals surface area contributed by atoms with Crippen LogP contribution in [-0.4, -0.2) is 18.1 Å². The van der Waals surface area contributed by atoms with Gasteiger partial charge in [-0.2, -0.15) is 13.2 Å². The molecule has 1 aliphatic heterocycles. The minimum atomic E-state index is -4.44. The number of alkyl halides is 3. The quantitative estimate of drug-likeness (QED) is 0.912. The molecule has 21 heavy (non-hydrogen) atoms. The molecule has 7 heteroatoms. The number of amides is 1. The maximum Gasteiger partial charge on any atom is 0.416 e. The first-order chi connectivity index (χ1) is 9.62. The van der Waals surface area contributed by atoms with E-state index in [9.17, 15) is 18.0 Å². The third-order valence-corrected chi connectivity index (χ3v) is 3.08. The Morgan fingerprint density at radius 1 is 1.43 bits per heavy atom. The number of anilines is 1. The summed E-state index contributed by atoms with van der Waals surface area (Å²) >= 11 is 0. The van der Waals surface area contributed by atoms with Crippen LogP contribution in [0.5, 0.6) is 5.75 Å². The van der Waals surface area contributed by atoms with Gasteiger partial charge in [-0.1, -0.05) is 6.92 Å². The molecule has 1 aromatic rings. The molecular formula is C14H17F3N2O2. The summed E-state index contributed by atoms with van der Waals surface area (Å²) in [6.07, 6.45) is -4.20. The summed E-state index contributed by atoms with van der Waals surface area (Å²) in [5, 5.41) is 1.42. The molecule has 1 heterocycles. The van der Waals surface area contributed by atoms with Gasteiger partial charge in [-0.25, -0.2) is 0 Å². The lowest BCUT2D eigenvalue weighted by Gasteiger charge is -2.40. The van der Waals surface area contributed by atoms with Crippen molar-refractivity contribution in [2.75, 3.05) is 11.6 Å². The summed E-state index contributed by atoms with van der Waals surface area (Å²) in [4.78, 5) is 11.6. The zero-order valence-corrected chi connectivity index (χ0v) is 12.0. The predicted octanol–water partition coefficient (Wildman–Crippen LogP) is 3.12. The molecule has 0 radical (unpaired) electrons. The summed E-state index contributed by atoms with van der Waals surface area (Å²) in [6, 6.07) is 3.24. The molecule has 116 valence electrons. The number of halogens is 3. The molecule has 2 rings (SSSR count). The van der Waals surface area contributed by atoms with Crippen LogP contribution >= 0.6 is 0 Å². The van der Waals surface area contributed by atoms with Crippen LogP contribution < -0.4 is 15.2 Å². The minimum Gasteiger partial charge on any atom is -0.484 e. The van der Waals surface area contributed by atoms with Crippen molar-refractivity contribution in [2.45, 2.75) is 39.0 Å². The first kappa shape index (κ1) is 15.5. The second-order valence-corrected chi connectivity index (χ2v) is 5.52. The van der Waals surface area contributed by atoms with Crippen LogP contribution in [0.4, 0.5) is 18.9 Å². The van der Waals surface area contributed by atoms with E-state index in [2.05, 4.69) is 5.43 Å². The van der Waals surface area contributed by atoms with Crippen molar-refractivity contribution in [1.82, 2.24) is 5.43 Å². The monoisotopic (exact) mass is 302 g/mol. The number of hydrazine groups is 1. The normalized spacial score (nSPS) is 17.0. The first-order valence-electron chi connectivity index (χ1n) is 6.60. The third kappa shape index (κ3) is 3.40. The van der Waals surface area contributed by atoms with Gasteiger partial charge < -0.3 is 4.74 Å². The summed E-state index contributed by atoms with van der Waals surface area (Å²) < 4.78 is 44.1. The van der Waals surface area contributed by atoms with Gasteiger partial charge in [-0.05, 0) is 32.0 Å². The fourth-order valence-electron chi connectivity index (χ4n) is 2.12. The smallest absolute Gasteiger partial charge is 0.416 e. The topological polar surface area (TPSA) is 41.6 Å². The van der Waals surface area contributed by atoms with Crippen LogP contribution in [0.3, 0.4) is 0 Å². The SMILES string of the molecule is CCC(=O)NN1CC(C)(C)Oc2ccc(C(F)(F)F)cc21. The molecule has 1 amide bonds. The highest BCUT2D eigenvalue weighted by Crippen LogP contribution is 2.40. The molecule has 0 atom stereocenters. The molecule has 1 aliphatic rings. The average molecular weight is 302 g/mol. The van der Waals surface area contributed by atoms with Crippen molar-refractivity contribution in [3.8, 4) is 5.75 Å². The van der Waals surface area contributed by atoms with Crippen molar-refractivity contribution in [3.05, 3.63) is 23.8 Å². The van der Waals surface area contributed by atoms with E-state index in [0.29, 0.717) is 5.75 Å². The number of nitrogens with zero attached hydrogens (tertiary/aromatic N) is 1. The van der Waals surface area contributed by atoms with E-state index in [0.717, 1.165) is 12.1 Å². The summed E-state index contributed by atoms with van der Waals surface area (Å²) in [7, 11) is 0. The molecule has 1 aromatic carbocycles. The van der Waals surface area contributed by atoms with E-state index in [1.807, 2.05) is 0 Å². The molecule has 4 nitrogen and oxygen atoms in total. The van der Waals surface area contributed by atoms with E-state index < -0.39 is 17.3 Å². The number of ether oxygens (including phenoxy) is 1. The molecule has 0 saturated heterocycles. The van der Waals surface area contributed by atoms with Gasteiger partial charge >= 0.3 is 6.18 Å². The second-order valence-electron chi connectivity index (χ2n) is 5.52. The molecule has 0 saturated carbocycles. The number of hydrogen-bond acceptors (Lipinski definition) is 3. The molecule has 0 aromatic heterocycles. The zero-order valence-electron chi connectivity index (χ0n) is 12.0. The van der Waals surface area contributed by atoms with Gasteiger partial charge in [-0.3, -0.25) is 15.2 Å². The molecular weight excluding hydrogens is 285 g/mol. The van der Waals surface area contributed by atoms with Crippen LogP contribution in [0.15, 0.2) is 18.2 Å². The van der Waals surface area contributed by atoms with Crippen molar-refractivity contribution in [3.63, 3.8) is 0 Å². The second kappa shape index (κ2) is 5.13. The highest BCUT2D eigenvalue weighted by atomic mass is 19.4. The lowest BCUT2D eigenvalue weighted by molar-refractivity contribution is -0.137. The maximum atomic E-state index is 12.8. The van der Waals surface area contributed by atoms with Gasteiger partial charge in [0.25, 0.3) is 0 Å². The van der Waals surface area contributed by atoms with Crippen molar-refractivity contribution in [2.24, 2.45) is 0 Å². The van der Waals surface area contributed by atoms with E-state index in [1.54, 1.807) is 20.8 Å². The fourth-order valence-corrected chi connectivity index (χ4v) is 2.12. The van der Waals surface area contributed by atoms with Crippen LogP contribution in [0.1, 0.15) is 32.8 Å². The number of carbonyl (C=O) groups is 1. The van der Waals surface area contributed by atoms with Gasteiger partial charge in [0.05, 0.1) is 12.1 Å². The van der Waals surface area contributed by atoms with Crippen LogP contribution in [0.25, 0.3) is 0 Å². The van der Waals surface area contributed by atoms with Gasteiger partial charge in [-0.15, -0.1) is 0 Å². The number of nitrogens with one attached hydrogen (secondary N) is 1. The lowest BCUT2D eigenvalue weighted by Crippen LogP contribution is -2.54. The summed E-state index contributed by atoms with van der Waals surface area (Å²) in [5.74, 6) is 0.0479. The van der Waals surface area contributed by atoms with Gasteiger partial charge in [0, 0.05) is 6.42 Å². The summed E-state index contributed by atoms with van der Waals surface area (Å²) in [5.41, 5.74) is 1.43. The highest BCUT2D eigenvalue weighted by molar-refractivity contribution is 5.78. The van der Waals surface area contributed by atoms with Crippen molar-refractivity contribution in [1.29, 1.82) is 0 Å². The average Bonchev–Trinajstić information content (AvgIpc) is 2.35. The zero-order chi connectivity index (χ0) is 15.8. The molecule has 0 spiro atoms. The van der Waals surface area contributed by atoms with E-state index in [-0.39, 0.29) is 24.6 Å². The Morgan fingerprint density at radius 3 is 2.67 bits per heavy atom. The van der Waals surface area contributed by atoms with E-state index in [4.69, 9.17) is 4.74 Å². The Balaban J connectivity index is 2.43. The fraction of sp³-hybridized carbons (Fsp3) is 0.500. The van der Waals surface area contributed by atoms with Gasteiger partial charge in [0.2, 0.25) is 5.91 Å². The summed E-state index contributed by atoms with van der Waals surface area (Å²) in [6.45, 7) is 5.54. The molecule has 0 fully saturated rings. The third-order valence-electron chi connectivity index (χ3n) is 3.08. The molecule has 0 aliphatic carbocycles. The standard InChI is InChI=1S/C14H17F3N2O2/c1-4-12(20)18-19-8-13(2,3)21-11-6-5-9(7-10(11)19)14(15,16)17/h5-7H,4,8H2,1-3H3,(H,18,20). The Labute approximate surface area is 120 Å². The number of rotatable bonds is 2. The maximum absolute atomic E-state index is 12.8. The van der Waals surface area contributed by atoms with Crippen LogP contribution in [0.2, 0.25) is 0 Å². The number of fused-ring (bicyclic) bond motifs is 1. The van der Waals surface area contributed by atoms with Crippen LogP contribution in [-0.2, 0) is 11.0 Å². The number of benzene rings is 1. The Morgan fingerprint density at radius 2 is 2.10 bits per heavy atom. The molecule has 0 bridgehead atoms. The van der Waals surface area contributed by atoms with Gasteiger partial charge in [0.15, 0.2) is 0 Å². The largest absolute Gasteiger partial charge is 0.484 e. The minimum absolute atomic E-state index is 0.214. The van der Waals surface area contributed by atoms with Crippen LogP contribution in [0, 0.1) is 0 Å². The van der Waals surface area contributed by atoms with E-state index >= 15 is 0 Å². The first-order valence-corrected chi connectivity index (χ1v) is 6.60. The molecule has 0 unspecified atom stereocenters. The Hall–Kier alpha value is -1.92. The van der Waals surface area contributed by atoms with Gasteiger partial charge in [0.1, 0.15) is 17.0 Å².